The van der Waals surface area contributed by atoms with Gasteiger partial charge in [0.05, 0.1) is 0 Å². The second-order valence-corrected chi connectivity index (χ2v) is 5.51. The van der Waals surface area contributed by atoms with Crippen molar-refractivity contribution in [1.29, 1.82) is 0 Å². The van der Waals surface area contributed by atoms with Gasteiger partial charge < -0.3 is 10.3 Å². The van der Waals surface area contributed by atoms with Crippen molar-refractivity contribution in [3.63, 3.8) is 0 Å². The van der Waals surface area contributed by atoms with E-state index in [1.165, 1.54) is 17.4 Å². The van der Waals surface area contributed by atoms with E-state index in [1.54, 1.807) is 17.6 Å². The Hall–Kier alpha value is -2.73. The number of nitrogens with one attached hydrogen (secondary N) is 2. The van der Waals surface area contributed by atoms with Crippen LogP contribution >= 0.6 is 11.3 Å². The number of nitrogens with zero attached hydrogens (tertiary/aromatic N) is 1. The lowest BCUT2D eigenvalue weighted by Gasteiger charge is -2.02. The summed E-state index contributed by atoms with van der Waals surface area (Å²) in [6, 6.07) is 12.9. The maximum atomic E-state index is 12.1. The highest BCUT2D eigenvalue weighted by molar-refractivity contribution is 7.13. The van der Waals surface area contributed by atoms with Crippen molar-refractivity contribution in [2.75, 3.05) is 0 Å². The Bertz CT molecular complexity index is 841. The summed E-state index contributed by atoms with van der Waals surface area (Å²) >= 11 is 1.34. The fourth-order valence-electron chi connectivity index (χ4n) is 1.96. The molecule has 2 heterocycles. The number of pyridine rings is 1. The minimum absolute atomic E-state index is 0.192. The Kier molecular flexibility index (Phi) is 9.64. The standard InChI is InChI=1S/C16H13N3O2S.2C2H6/c20-14-8-12(6-7-17-14)16-19-13(10-22-16)15(21)18-9-11-4-2-1-3-5-11;2*1-2/h1-8,10H,9H2,(H,17,20)(H,18,21);2*1-2H3. The molecule has 1 amide bonds. The summed E-state index contributed by atoms with van der Waals surface area (Å²) in [6.45, 7) is 8.46. The molecule has 0 saturated heterocycles. The molecule has 3 aromatic rings. The summed E-state index contributed by atoms with van der Waals surface area (Å²) < 4.78 is 0. The first-order chi connectivity index (χ1) is 12.7. The van der Waals surface area contributed by atoms with Crippen molar-refractivity contribution < 1.29 is 4.79 Å². The first-order valence-electron chi connectivity index (χ1n) is 8.69. The molecule has 26 heavy (non-hydrogen) atoms. The van der Waals surface area contributed by atoms with Crippen LogP contribution in [0.1, 0.15) is 43.7 Å². The maximum Gasteiger partial charge on any atom is 0.271 e. The molecular formula is C20H25N3O2S. The Morgan fingerprint density at radius 2 is 1.81 bits per heavy atom. The summed E-state index contributed by atoms with van der Waals surface area (Å²) in [5.74, 6) is -0.226. The molecule has 0 unspecified atom stereocenters. The number of rotatable bonds is 4. The first-order valence-corrected chi connectivity index (χ1v) is 9.57. The second-order valence-electron chi connectivity index (χ2n) is 4.65. The summed E-state index contributed by atoms with van der Waals surface area (Å²) in [5, 5.41) is 5.17. The van der Waals surface area contributed by atoms with Gasteiger partial charge >= 0.3 is 0 Å². The molecule has 2 N–H and O–H groups in total. The minimum Gasteiger partial charge on any atom is -0.347 e. The van der Waals surface area contributed by atoms with Crippen molar-refractivity contribution in [2.24, 2.45) is 0 Å². The Morgan fingerprint density at radius 3 is 2.46 bits per heavy atom. The molecule has 5 nitrogen and oxygen atoms in total. The lowest BCUT2D eigenvalue weighted by molar-refractivity contribution is 0.0946. The van der Waals surface area contributed by atoms with E-state index in [0.29, 0.717) is 22.8 Å². The van der Waals surface area contributed by atoms with Gasteiger partial charge in [-0.1, -0.05) is 58.0 Å². The molecular weight excluding hydrogens is 346 g/mol. The predicted octanol–water partition coefficient (Wildman–Crippen LogP) is 4.48. The van der Waals surface area contributed by atoms with E-state index in [1.807, 2.05) is 58.0 Å². The van der Waals surface area contributed by atoms with Crippen molar-refractivity contribution in [2.45, 2.75) is 34.2 Å². The molecule has 0 radical (unpaired) electrons. The SMILES string of the molecule is CC.CC.O=C(NCc1ccccc1)c1csc(-c2cc[nH]c(=O)c2)n1. The van der Waals surface area contributed by atoms with Gasteiger partial charge in [-0.3, -0.25) is 9.59 Å². The van der Waals surface area contributed by atoms with Gasteiger partial charge in [0, 0.05) is 29.8 Å². The molecule has 0 atom stereocenters. The molecule has 0 aliphatic rings. The number of aromatic nitrogens is 2. The number of carbonyl (C=O) groups excluding carboxylic acids is 1. The van der Waals surface area contributed by atoms with Crippen molar-refractivity contribution in [3.05, 3.63) is 75.7 Å². The van der Waals surface area contributed by atoms with Crippen LogP contribution in [0.25, 0.3) is 10.6 Å². The molecule has 0 fully saturated rings. The number of thiazole rings is 1. The molecule has 0 saturated carbocycles. The van der Waals surface area contributed by atoms with Gasteiger partial charge in [0.15, 0.2) is 0 Å². The third kappa shape index (κ3) is 6.29. The molecule has 0 bridgehead atoms. The van der Waals surface area contributed by atoms with Crippen LogP contribution in [-0.2, 0) is 6.54 Å². The molecule has 0 aliphatic carbocycles. The van der Waals surface area contributed by atoms with Gasteiger partial charge in [-0.05, 0) is 11.6 Å². The average molecular weight is 372 g/mol. The third-order valence-corrected chi connectivity index (χ3v) is 3.95. The summed E-state index contributed by atoms with van der Waals surface area (Å²) in [7, 11) is 0. The zero-order chi connectivity index (χ0) is 19.4. The van der Waals surface area contributed by atoms with Gasteiger partial charge in [0.25, 0.3) is 5.91 Å². The van der Waals surface area contributed by atoms with Crippen molar-refractivity contribution in [3.8, 4) is 10.6 Å². The average Bonchev–Trinajstić information content (AvgIpc) is 3.20. The van der Waals surface area contributed by atoms with Crippen molar-refractivity contribution >= 4 is 17.2 Å². The molecule has 0 aliphatic heterocycles. The van der Waals surface area contributed by atoms with Crippen LogP contribution in [0.3, 0.4) is 0 Å². The normalized spacial score (nSPS) is 9.23. The number of aromatic amines is 1. The smallest absolute Gasteiger partial charge is 0.271 e. The molecule has 1 aromatic carbocycles. The zero-order valence-electron chi connectivity index (χ0n) is 15.6. The number of amides is 1. The van der Waals surface area contributed by atoms with E-state index < -0.39 is 0 Å². The summed E-state index contributed by atoms with van der Waals surface area (Å²) in [6.07, 6.45) is 1.56. The van der Waals surface area contributed by atoms with Crippen molar-refractivity contribution in [1.82, 2.24) is 15.3 Å². The topological polar surface area (TPSA) is 74.8 Å². The Morgan fingerprint density at radius 1 is 1.12 bits per heavy atom. The molecule has 6 heteroatoms. The van der Waals surface area contributed by atoms with Crippen LogP contribution in [-0.4, -0.2) is 15.9 Å². The van der Waals surface area contributed by atoms with E-state index in [4.69, 9.17) is 0 Å². The number of hydrogen-bond donors (Lipinski definition) is 2. The van der Waals surface area contributed by atoms with Crippen LogP contribution < -0.4 is 10.9 Å². The highest BCUT2D eigenvalue weighted by Crippen LogP contribution is 2.22. The van der Waals surface area contributed by atoms with Gasteiger partial charge in [-0.25, -0.2) is 4.98 Å². The monoisotopic (exact) mass is 371 g/mol. The van der Waals surface area contributed by atoms with Crippen LogP contribution in [0, 0.1) is 0 Å². The highest BCUT2D eigenvalue weighted by Gasteiger charge is 2.11. The van der Waals surface area contributed by atoms with Gasteiger partial charge in [0.1, 0.15) is 10.7 Å². The van der Waals surface area contributed by atoms with Gasteiger partial charge in [0.2, 0.25) is 5.56 Å². The van der Waals surface area contributed by atoms with Crippen LogP contribution in [0.2, 0.25) is 0 Å². The zero-order valence-corrected chi connectivity index (χ0v) is 16.4. The van der Waals surface area contributed by atoms with Gasteiger partial charge in [-0.15, -0.1) is 11.3 Å². The van der Waals surface area contributed by atoms with Crippen LogP contribution in [0.5, 0.6) is 0 Å². The largest absolute Gasteiger partial charge is 0.347 e. The van der Waals surface area contributed by atoms with E-state index in [-0.39, 0.29) is 11.5 Å². The quantitative estimate of drug-likeness (QED) is 0.710. The maximum absolute atomic E-state index is 12.1. The van der Waals surface area contributed by atoms with Crippen LogP contribution in [0.15, 0.2) is 58.8 Å². The second kappa shape index (κ2) is 11.8. The molecule has 2 aromatic heterocycles. The Balaban J connectivity index is 0.000000791. The number of carbonyl (C=O) groups is 1. The molecule has 0 spiro atoms. The lowest BCUT2D eigenvalue weighted by atomic mass is 10.2. The number of hydrogen-bond acceptors (Lipinski definition) is 4. The molecule has 138 valence electrons. The van der Waals surface area contributed by atoms with E-state index in [0.717, 1.165) is 5.56 Å². The third-order valence-electron chi connectivity index (χ3n) is 3.05. The number of benzene rings is 1. The summed E-state index contributed by atoms with van der Waals surface area (Å²) in [4.78, 5) is 30.2. The fourth-order valence-corrected chi connectivity index (χ4v) is 2.75. The lowest BCUT2D eigenvalue weighted by Crippen LogP contribution is -2.23. The van der Waals surface area contributed by atoms with E-state index in [2.05, 4.69) is 15.3 Å². The van der Waals surface area contributed by atoms with E-state index in [9.17, 15) is 9.59 Å². The number of H-pyrrole nitrogens is 1. The Labute approximate surface area is 158 Å². The molecule has 3 rings (SSSR count). The van der Waals surface area contributed by atoms with E-state index >= 15 is 0 Å². The summed E-state index contributed by atoms with van der Waals surface area (Å²) in [5.41, 5.74) is 1.90. The minimum atomic E-state index is -0.226. The van der Waals surface area contributed by atoms with Gasteiger partial charge in [-0.2, -0.15) is 0 Å². The van der Waals surface area contributed by atoms with Crippen LogP contribution in [0.4, 0.5) is 0 Å². The highest BCUT2D eigenvalue weighted by atomic mass is 32.1. The fraction of sp³-hybridized carbons (Fsp3) is 0.250. The predicted molar refractivity (Wildman–Crippen MR) is 108 cm³/mol. The first kappa shape index (κ1) is 21.3.